The van der Waals surface area contributed by atoms with E-state index in [1.807, 2.05) is 48.5 Å². The number of fused-ring (bicyclic) bond motifs is 1. The van der Waals surface area contributed by atoms with Gasteiger partial charge in [0.15, 0.2) is 0 Å². The van der Waals surface area contributed by atoms with Gasteiger partial charge in [-0.2, -0.15) is 0 Å². The predicted molar refractivity (Wildman–Crippen MR) is 131 cm³/mol. The Bertz CT molecular complexity index is 1270. The van der Waals surface area contributed by atoms with Gasteiger partial charge in [-0.15, -0.1) is 0 Å². The molecule has 0 unspecified atom stereocenters. The van der Waals surface area contributed by atoms with Gasteiger partial charge in [0.2, 0.25) is 0 Å². The summed E-state index contributed by atoms with van der Waals surface area (Å²) in [7, 11) is 0. The second-order valence-corrected chi connectivity index (χ2v) is 8.37. The molecule has 0 aliphatic heterocycles. The van der Waals surface area contributed by atoms with Crippen molar-refractivity contribution in [1.82, 2.24) is 4.98 Å². The summed E-state index contributed by atoms with van der Waals surface area (Å²) in [5.74, 6) is -1.01. The minimum Gasteiger partial charge on any atom is -0.545 e. The lowest BCUT2D eigenvalue weighted by Crippen LogP contribution is -2.22. The van der Waals surface area contributed by atoms with Crippen LogP contribution in [0.5, 0.6) is 5.75 Å². The van der Waals surface area contributed by atoms with E-state index in [2.05, 4.69) is 11.9 Å². The van der Waals surface area contributed by atoms with Gasteiger partial charge in [0.25, 0.3) is 0 Å². The summed E-state index contributed by atoms with van der Waals surface area (Å²) in [6.45, 7) is 2.94. The number of aromatic nitrogens is 1. The molecule has 174 valence electrons. The maximum absolute atomic E-state index is 13.6. The summed E-state index contributed by atoms with van der Waals surface area (Å²) >= 11 is 0. The quantitative estimate of drug-likeness (QED) is 0.258. The van der Waals surface area contributed by atoms with Crippen LogP contribution < -0.4 is 9.84 Å². The number of hydrogen-bond donors (Lipinski definition) is 0. The Morgan fingerprint density at radius 2 is 1.50 bits per heavy atom. The van der Waals surface area contributed by atoms with Crippen molar-refractivity contribution >= 4 is 16.9 Å². The lowest BCUT2D eigenvalue weighted by Gasteiger charge is -2.11. The number of halogens is 1. The standard InChI is InChI=1S/C29H28FNO3/c1-2-3-4-5-6-17-34-24-14-11-21(12-15-24)20-7-9-22(10-8-20)28-19-26(29(32)33)25-18-23(30)13-16-27(25)31-28/h7-16,18-19H,2-6,17H2,1H3,(H,32,33)/p-1. The molecular weight excluding hydrogens is 429 g/mol. The molecule has 1 heterocycles. The molecule has 3 aromatic carbocycles. The average Bonchev–Trinajstić information content (AvgIpc) is 2.86. The molecule has 4 aromatic rings. The van der Waals surface area contributed by atoms with Crippen LogP contribution >= 0.6 is 0 Å². The highest BCUT2D eigenvalue weighted by molar-refractivity contribution is 6.02. The third-order valence-electron chi connectivity index (χ3n) is 5.88. The Kier molecular flexibility index (Phi) is 7.53. The fourth-order valence-electron chi connectivity index (χ4n) is 3.99. The van der Waals surface area contributed by atoms with Crippen LogP contribution in [0.15, 0.2) is 72.8 Å². The molecule has 5 heteroatoms. The summed E-state index contributed by atoms with van der Waals surface area (Å²) in [5.41, 5.74) is 3.66. The van der Waals surface area contributed by atoms with Crippen LogP contribution in [-0.2, 0) is 0 Å². The first-order valence-corrected chi connectivity index (χ1v) is 11.7. The topological polar surface area (TPSA) is 62.2 Å². The number of carboxylic acid groups (broad SMARTS) is 1. The first-order chi connectivity index (χ1) is 16.5. The van der Waals surface area contributed by atoms with E-state index in [0.29, 0.717) is 11.2 Å². The number of rotatable bonds is 10. The first-order valence-electron chi connectivity index (χ1n) is 11.7. The van der Waals surface area contributed by atoms with Crippen molar-refractivity contribution in [3.8, 4) is 28.1 Å². The summed E-state index contributed by atoms with van der Waals surface area (Å²) in [6, 6.07) is 21.1. The van der Waals surface area contributed by atoms with E-state index in [1.165, 1.54) is 49.9 Å². The van der Waals surface area contributed by atoms with Crippen molar-refractivity contribution in [2.75, 3.05) is 6.61 Å². The number of benzene rings is 3. The monoisotopic (exact) mass is 456 g/mol. The van der Waals surface area contributed by atoms with E-state index in [-0.39, 0.29) is 10.9 Å². The van der Waals surface area contributed by atoms with Crippen LogP contribution in [0.4, 0.5) is 4.39 Å². The van der Waals surface area contributed by atoms with Gasteiger partial charge in [0, 0.05) is 16.5 Å². The van der Waals surface area contributed by atoms with Crippen LogP contribution in [0.3, 0.4) is 0 Å². The summed E-state index contributed by atoms with van der Waals surface area (Å²) < 4.78 is 19.4. The van der Waals surface area contributed by atoms with E-state index in [9.17, 15) is 14.3 Å². The molecule has 0 aliphatic rings. The van der Waals surface area contributed by atoms with Crippen molar-refractivity contribution in [1.29, 1.82) is 0 Å². The number of nitrogens with zero attached hydrogens (tertiary/aromatic N) is 1. The lowest BCUT2D eigenvalue weighted by atomic mass is 10.0. The number of carbonyl (C=O) groups is 1. The van der Waals surface area contributed by atoms with Crippen LogP contribution in [-0.4, -0.2) is 17.6 Å². The van der Waals surface area contributed by atoms with Gasteiger partial charge in [0.1, 0.15) is 11.6 Å². The predicted octanol–water partition coefficient (Wildman–Crippen LogP) is 6.42. The molecule has 0 saturated carbocycles. The van der Waals surface area contributed by atoms with E-state index in [0.717, 1.165) is 35.5 Å². The fraction of sp³-hybridized carbons (Fsp3) is 0.241. The van der Waals surface area contributed by atoms with E-state index < -0.39 is 11.8 Å². The van der Waals surface area contributed by atoms with Gasteiger partial charge in [-0.25, -0.2) is 9.37 Å². The number of hydrogen-bond acceptors (Lipinski definition) is 4. The lowest BCUT2D eigenvalue weighted by molar-refractivity contribution is -0.254. The molecule has 0 amide bonds. The van der Waals surface area contributed by atoms with E-state index in [1.54, 1.807) is 0 Å². The zero-order valence-corrected chi connectivity index (χ0v) is 19.2. The Morgan fingerprint density at radius 3 is 2.18 bits per heavy atom. The number of unbranched alkanes of at least 4 members (excludes halogenated alkanes) is 4. The Balaban J connectivity index is 1.48. The van der Waals surface area contributed by atoms with Gasteiger partial charge in [-0.3, -0.25) is 0 Å². The molecular formula is C29H27FNO3-. The van der Waals surface area contributed by atoms with Crippen molar-refractivity contribution in [2.24, 2.45) is 0 Å². The summed E-state index contributed by atoms with van der Waals surface area (Å²) in [4.78, 5) is 16.2. The first kappa shape index (κ1) is 23.4. The molecule has 0 bridgehead atoms. The highest BCUT2D eigenvalue weighted by atomic mass is 19.1. The Morgan fingerprint density at radius 1 is 0.853 bits per heavy atom. The smallest absolute Gasteiger partial charge is 0.123 e. The minimum atomic E-state index is -1.36. The average molecular weight is 457 g/mol. The van der Waals surface area contributed by atoms with Crippen molar-refractivity contribution < 1.29 is 19.0 Å². The number of carbonyl (C=O) groups excluding carboxylic acids is 1. The highest BCUT2D eigenvalue weighted by Gasteiger charge is 2.10. The number of aromatic carboxylic acids is 1. The van der Waals surface area contributed by atoms with E-state index in [4.69, 9.17) is 4.74 Å². The number of carboxylic acids is 1. The third kappa shape index (κ3) is 5.60. The zero-order chi connectivity index (χ0) is 23.9. The Labute approximate surface area is 199 Å². The molecule has 1 aromatic heterocycles. The normalized spacial score (nSPS) is 11.0. The molecule has 4 rings (SSSR count). The molecule has 0 saturated heterocycles. The largest absolute Gasteiger partial charge is 0.545 e. The second kappa shape index (κ2) is 10.9. The van der Waals surface area contributed by atoms with Crippen molar-refractivity contribution in [3.05, 3.63) is 84.2 Å². The molecule has 0 aliphatic carbocycles. The maximum Gasteiger partial charge on any atom is 0.123 e. The van der Waals surface area contributed by atoms with Gasteiger partial charge in [-0.05, 0) is 53.9 Å². The SMILES string of the molecule is CCCCCCCOc1ccc(-c2ccc(-c3cc(C(=O)[O-])c4cc(F)ccc4n3)cc2)cc1. The Hall–Kier alpha value is -3.73. The van der Waals surface area contributed by atoms with Gasteiger partial charge in [-0.1, -0.05) is 69.0 Å². The molecule has 0 fully saturated rings. The summed E-state index contributed by atoms with van der Waals surface area (Å²) in [6.07, 6.45) is 6.05. The van der Waals surface area contributed by atoms with Crippen LogP contribution in [0.1, 0.15) is 49.4 Å². The highest BCUT2D eigenvalue weighted by Crippen LogP contribution is 2.28. The van der Waals surface area contributed by atoms with Crippen LogP contribution in [0, 0.1) is 5.82 Å². The third-order valence-corrected chi connectivity index (χ3v) is 5.88. The van der Waals surface area contributed by atoms with Gasteiger partial charge >= 0.3 is 0 Å². The van der Waals surface area contributed by atoms with Gasteiger partial charge < -0.3 is 14.6 Å². The number of pyridine rings is 1. The zero-order valence-electron chi connectivity index (χ0n) is 19.2. The van der Waals surface area contributed by atoms with Gasteiger partial charge in [0.05, 0.1) is 23.8 Å². The molecule has 0 atom stereocenters. The van der Waals surface area contributed by atoms with E-state index >= 15 is 0 Å². The molecule has 0 N–H and O–H groups in total. The van der Waals surface area contributed by atoms with Crippen LogP contribution in [0.2, 0.25) is 0 Å². The minimum absolute atomic E-state index is 0.0791. The maximum atomic E-state index is 13.6. The molecule has 34 heavy (non-hydrogen) atoms. The number of ether oxygens (including phenoxy) is 1. The molecule has 0 radical (unpaired) electrons. The fourth-order valence-corrected chi connectivity index (χ4v) is 3.99. The van der Waals surface area contributed by atoms with Crippen molar-refractivity contribution in [3.63, 3.8) is 0 Å². The molecule has 0 spiro atoms. The molecule has 4 nitrogen and oxygen atoms in total. The second-order valence-electron chi connectivity index (χ2n) is 8.37. The van der Waals surface area contributed by atoms with Crippen LogP contribution in [0.25, 0.3) is 33.3 Å². The summed E-state index contributed by atoms with van der Waals surface area (Å²) in [5, 5.41) is 11.9. The van der Waals surface area contributed by atoms with Crippen molar-refractivity contribution in [2.45, 2.75) is 39.0 Å².